The van der Waals surface area contributed by atoms with Gasteiger partial charge in [-0.2, -0.15) is 5.10 Å². The van der Waals surface area contributed by atoms with Crippen molar-refractivity contribution in [1.82, 2.24) is 9.78 Å². The molecule has 80 valence electrons. The average Bonchev–Trinajstić information content (AvgIpc) is 2.26. The predicted octanol–water partition coefficient (Wildman–Crippen LogP) is 1.48. The van der Waals surface area contributed by atoms with Crippen molar-refractivity contribution in [1.29, 1.82) is 0 Å². The van der Waals surface area contributed by atoms with E-state index in [1.54, 1.807) is 4.68 Å². The van der Waals surface area contributed by atoms with E-state index in [1.165, 1.54) is 0 Å². The zero-order valence-electron chi connectivity index (χ0n) is 9.70. The van der Waals surface area contributed by atoms with Crippen molar-refractivity contribution in [3.05, 3.63) is 6.20 Å². The Labute approximate surface area is 85.7 Å². The first kappa shape index (κ1) is 10.9. The Morgan fingerprint density at radius 2 is 2.07 bits per heavy atom. The van der Waals surface area contributed by atoms with Gasteiger partial charge in [0.15, 0.2) is 5.82 Å². The van der Waals surface area contributed by atoms with Crippen molar-refractivity contribution >= 4 is 11.5 Å². The summed E-state index contributed by atoms with van der Waals surface area (Å²) < 4.78 is 1.74. The fourth-order valence-electron chi connectivity index (χ4n) is 1.58. The first-order valence-electron chi connectivity index (χ1n) is 4.80. The van der Waals surface area contributed by atoms with Gasteiger partial charge in [0.05, 0.1) is 5.69 Å². The van der Waals surface area contributed by atoms with Gasteiger partial charge in [-0.1, -0.05) is 20.8 Å². The van der Waals surface area contributed by atoms with Gasteiger partial charge in [0.1, 0.15) is 0 Å². The van der Waals surface area contributed by atoms with E-state index in [0.29, 0.717) is 0 Å². The molecule has 0 aromatic carbocycles. The van der Waals surface area contributed by atoms with Gasteiger partial charge in [-0.05, 0) is 5.41 Å². The molecule has 4 heteroatoms. The minimum absolute atomic E-state index is 0.249. The first-order chi connectivity index (χ1) is 6.29. The number of anilines is 2. The van der Waals surface area contributed by atoms with Gasteiger partial charge < -0.3 is 10.6 Å². The third-order valence-electron chi connectivity index (χ3n) is 1.91. The SMILES string of the molecule is CN(CC(C)(C)C)c1nn(C)cc1N. The van der Waals surface area contributed by atoms with E-state index in [-0.39, 0.29) is 5.41 Å². The van der Waals surface area contributed by atoms with Crippen LogP contribution in [-0.2, 0) is 7.05 Å². The minimum Gasteiger partial charge on any atom is -0.394 e. The third kappa shape index (κ3) is 2.65. The van der Waals surface area contributed by atoms with Gasteiger partial charge in [-0.3, -0.25) is 4.68 Å². The van der Waals surface area contributed by atoms with E-state index in [4.69, 9.17) is 5.73 Å². The summed E-state index contributed by atoms with van der Waals surface area (Å²) in [5.41, 5.74) is 6.82. The number of hydrogen-bond donors (Lipinski definition) is 1. The average molecular weight is 196 g/mol. The lowest BCUT2D eigenvalue weighted by Gasteiger charge is -2.26. The van der Waals surface area contributed by atoms with E-state index >= 15 is 0 Å². The molecule has 1 heterocycles. The van der Waals surface area contributed by atoms with Crippen molar-refractivity contribution in [2.45, 2.75) is 20.8 Å². The highest BCUT2D eigenvalue weighted by molar-refractivity contribution is 5.61. The fourth-order valence-corrected chi connectivity index (χ4v) is 1.58. The van der Waals surface area contributed by atoms with Crippen LogP contribution in [0.1, 0.15) is 20.8 Å². The highest BCUT2D eigenvalue weighted by atomic mass is 15.3. The summed E-state index contributed by atoms with van der Waals surface area (Å²) >= 11 is 0. The molecule has 0 aliphatic carbocycles. The normalized spacial score (nSPS) is 11.8. The Kier molecular flexibility index (Phi) is 2.73. The number of nitrogen functional groups attached to an aromatic ring is 1. The smallest absolute Gasteiger partial charge is 0.173 e. The van der Waals surface area contributed by atoms with Gasteiger partial charge in [-0.15, -0.1) is 0 Å². The Bertz CT molecular complexity index is 308. The quantitative estimate of drug-likeness (QED) is 0.779. The molecule has 2 N–H and O–H groups in total. The molecular formula is C10H20N4. The molecule has 0 radical (unpaired) electrons. The molecule has 14 heavy (non-hydrogen) atoms. The summed E-state index contributed by atoms with van der Waals surface area (Å²) in [4.78, 5) is 2.09. The second-order valence-electron chi connectivity index (χ2n) is 5.00. The molecule has 1 rings (SSSR count). The zero-order chi connectivity index (χ0) is 10.9. The standard InChI is InChI=1S/C10H20N4/c1-10(2,3)7-13(4)9-8(11)6-14(5)12-9/h6H,7,11H2,1-5H3. The first-order valence-corrected chi connectivity index (χ1v) is 4.80. The maximum atomic E-state index is 5.84. The summed E-state index contributed by atoms with van der Waals surface area (Å²) in [5, 5.41) is 4.31. The fraction of sp³-hybridized carbons (Fsp3) is 0.700. The van der Waals surface area contributed by atoms with Crippen molar-refractivity contribution in [3.8, 4) is 0 Å². The van der Waals surface area contributed by atoms with Crippen LogP contribution in [0.3, 0.4) is 0 Å². The Morgan fingerprint density at radius 3 is 2.43 bits per heavy atom. The lowest BCUT2D eigenvalue weighted by atomic mass is 9.96. The molecule has 0 aliphatic rings. The molecular weight excluding hydrogens is 176 g/mol. The molecule has 0 spiro atoms. The molecule has 0 atom stereocenters. The van der Waals surface area contributed by atoms with Crippen molar-refractivity contribution < 1.29 is 0 Å². The highest BCUT2D eigenvalue weighted by Crippen LogP contribution is 2.23. The van der Waals surface area contributed by atoms with E-state index < -0.39 is 0 Å². The molecule has 0 fully saturated rings. The Hall–Kier alpha value is -1.19. The van der Waals surface area contributed by atoms with Crippen LogP contribution in [0.4, 0.5) is 11.5 Å². The molecule has 0 unspecified atom stereocenters. The number of nitrogens with two attached hydrogens (primary N) is 1. The third-order valence-corrected chi connectivity index (χ3v) is 1.91. The highest BCUT2D eigenvalue weighted by Gasteiger charge is 2.17. The molecule has 0 saturated heterocycles. The molecule has 0 saturated carbocycles. The maximum Gasteiger partial charge on any atom is 0.173 e. The molecule has 1 aromatic heterocycles. The van der Waals surface area contributed by atoms with Gasteiger partial charge in [-0.25, -0.2) is 0 Å². The molecule has 0 bridgehead atoms. The summed E-state index contributed by atoms with van der Waals surface area (Å²) in [5.74, 6) is 0.863. The maximum absolute atomic E-state index is 5.84. The second kappa shape index (κ2) is 3.52. The van der Waals surface area contributed by atoms with Gasteiger partial charge in [0.2, 0.25) is 0 Å². The van der Waals surface area contributed by atoms with E-state index in [1.807, 2.05) is 20.3 Å². The van der Waals surface area contributed by atoms with Crippen LogP contribution in [0.5, 0.6) is 0 Å². The topological polar surface area (TPSA) is 47.1 Å². The summed E-state index contributed by atoms with van der Waals surface area (Å²) in [6, 6.07) is 0. The Balaban J connectivity index is 2.79. The number of hydrogen-bond acceptors (Lipinski definition) is 3. The van der Waals surface area contributed by atoms with Crippen LogP contribution in [-0.4, -0.2) is 23.4 Å². The van der Waals surface area contributed by atoms with Crippen LogP contribution in [0.15, 0.2) is 6.20 Å². The predicted molar refractivity (Wildman–Crippen MR) is 60.3 cm³/mol. The van der Waals surface area contributed by atoms with E-state index in [2.05, 4.69) is 30.8 Å². The zero-order valence-corrected chi connectivity index (χ0v) is 9.70. The van der Waals surface area contributed by atoms with Crippen LogP contribution < -0.4 is 10.6 Å². The summed E-state index contributed by atoms with van der Waals surface area (Å²) in [6.45, 7) is 7.53. The number of nitrogens with zero attached hydrogens (tertiary/aromatic N) is 3. The van der Waals surface area contributed by atoms with Crippen LogP contribution >= 0.6 is 0 Å². The van der Waals surface area contributed by atoms with Gasteiger partial charge >= 0.3 is 0 Å². The van der Waals surface area contributed by atoms with Gasteiger partial charge in [0, 0.05) is 26.8 Å². The summed E-state index contributed by atoms with van der Waals surface area (Å²) in [7, 11) is 3.90. The molecule has 0 aliphatic heterocycles. The van der Waals surface area contributed by atoms with Crippen molar-refractivity contribution in [3.63, 3.8) is 0 Å². The minimum atomic E-state index is 0.249. The van der Waals surface area contributed by atoms with Crippen LogP contribution in [0, 0.1) is 5.41 Å². The monoisotopic (exact) mass is 196 g/mol. The molecule has 1 aromatic rings. The molecule has 0 amide bonds. The van der Waals surface area contributed by atoms with E-state index in [0.717, 1.165) is 18.1 Å². The van der Waals surface area contributed by atoms with Crippen molar-refractivity contribution in [2.24, 2.45) is 12.5 Å². The van der Waals surface area contributed by atoms with Crippen LogP contribution in [0.25, 0.3) is 0 Å². The number of aryl methyl sites for hydroxylation is 1. The lowest BCUT2D eigenvalue weighted by molar-refractivity contribution is 0.417. The number of rotatable bonds is 2. The lowest BCUT2D eigenvalue weighted by Crippen LogP contribution is -2.29. The number of aromatic nitrogens is 2. The second-order valence-corrected chi connectivity index (χ2v) is 5.00. The molecule has 4 nitrogen and oxygen atoms in total. The summed E-state index contributed by atoms with van der Waals surface area (Å²) in [6.07, 6.45) is 1.83. The van der Waals surface area contributed by atoms with E-state index in [9.17, 15) is 0 Å². The van der Waals surface area contributed by atoms with Crippen LogP contribution in [0.2, 0.25) is 0 Å². The Morgan fingerprint density at radius 1 is 1.50 bits per heavy atom. The van der Waals surface area contributed by atoms with Gasteiger partial charge in [0.25, 0.3) is 0 Å². The van der Waals surface area contributed by atoms with Crippen molar-refractivity contribution in [2.75, 3.05) is 24.2 Å². The largest absolute Gasteiger partial charge is 0.394 e.